The van der Waals surface area contributed by atoms with Gasteiger partial charge in [0.05, 0.1) is 27.2 Å². The molecule has 3 nitrogen and oxygen atoms in total. The quantitative estimate of drug-likeness (QED) is 0.160. The van der Waals surface area contributed by atoms with E-state index >= 15 is 0 Å². The summed E-state index contributed by atoms with van der Waals surface area (Å²) in [4.78, 5) is 12.4. The van der Waals surface area contributed by atoms with Crippen LogP contribution in [0.15, 0.2) is 60.7 Å². The van der Waals surface area contributed by atoms with E-state index < -0.39 is 5.97 Å². The first kappa shape index (κ1) is 21.5. The third kappa shape index (κ3) is 5.66. The molecule has 0 spiro atoms. The van der Waals surface area contributed by atoms with Gasteiger partial charge in [-0.25, -0.2) is 4.79 Å². The molecule has 0 unspecified atom stereocenters. The highest BCUT2D eigenvalue weighted by molar-refractivity contribution is 6.43. The van der Waals surface area contributed by atoms with E-state index in [9.17, 15) is 4.79 Å². The first-order valence-electron chi connectivity index (χ1n) is 9.18. The lowest BCUT2D eigenvalue weighted by atomic mass is 10.0. The zero-order chi connectivity index (χ0) is 20.8. The van der Waals surface area contributed by atoms with Gasteiger partial charge in [-0.3, -0.25) is 0 Å². The van der Waals surface area contributed by atoms with E-state index in [1.54, 1.807) is 12.1 Å². The van der Waals surface area contributed by atoms with Crippen molar-refractivity contribution in [2.75, 3.05) is 6.61 Å². The molecule has 0 aliphatic rings. The molecular formula is C23H19Cl3O3. The number of unbranched alkanes of at least 4 members (excludes halogenated alkanes) is 1. The van der Waals surface area contributed by atoms with Crippen molar-refractivity contribution in [3.8, 4) is 22.6 Å². The van der Waals surface area contributed by atoms with Crippen LogP contribution >= 0.6 is 34.8 Å². The van der Waals surface area contributed by atoms with Gasteiger partial charge in [0.15, 0.2) is 5.75 Å². The van der Waals surface area contributed by atoms with Crippen LogP contribution in [-0.4, -0.2) is 12.6 Å². The maximum absolute atomic E-state index is 12.4. The zero-order valence-corrected chi connectivity index (χ0v) is 18.0. The summed E-state index contributed by atoms with van der Waals surface area (Å²) in [6, 6.07) is 17.9. The lowest BCUT2D eigenvalue weighted by Gasteiger charge is -2.09. The van der Waals surface area contributed by atoms with Gasteiger partial charge in [0.25, 0.3) is 0 Å². The number of carbonyl (C=O) groups is 1. The second-order valence-electron chi connectivity index (χ2n) is 6.39. The summed E-state index contributed by atoms with van der Waals surface area (Å²) in [7, 11) is 0. The molecule has 29 heavy (non-hydrogen) atoms. The molecule has 0 aliphatic carbocycles. The molecule has 0 atom stereocenters. The molecule has 3 rings (SSSR count). The number of benzene rings is 3. The highest BCUT2D eigenvalue weighted by Gasteiger charge is 2.13. The van der Waals surface area contributed by atoms with Crippen molar-refractivity contribution in [3.05, 3.63) is 81.3 Å². The Balaban J connectivity index is 1.68. The highest BCUT2D eigenvalue weighted by Crippen LogP contribution is 2.34. The van der Waals surface area contributed by atoms with Crippen LogP contribution in [0.4, 0.5) is 0 Å². The second kappa shape index (κ2) is 10.0. The van der Waals surface area contributed by atoms with Crippen molar-refractivity contribution in [2.24, 2.45) is 0 Å². The molecule has 0 fully saturated rings. The van der Waals surface area contributed by atoms with E-state index in [4.69, 9.17) is 44.3 Å². The van der Waals surface area contributed by atoms with Crippen LogP contribution < -0.4 is 9.47 Å². The number of ether oxygens (including phenoxy) is 2. The standard InChI is InChI=1S/C23H19Cl3O3/c1-2-3-12-28-18-10-8-16(9-11-18)15-4-6-17(7-5-15)23(27)29-22-14-20(25)19(24)13-21(22)26/h4-11,13-14H,2-3,12H2,1H3. The van der Waals surface area contributed by atoms with E-state index in [1.807, 2.05) is 36.4 Å². The predicted molar refractivity (Wildman–Crippen MR) is 119 cm³/mol. The van der Waals surface area contributed by atoms with Crippen LogP contribution in [0.25, 0.3) is 11.1 Å². The molecule has 150 valence electrons. The molecule has 0 radical (unpaired) electrons. The maximum Gasteiger partial charge on any atom is 0.343 e. The Kier molecular flexibility index (Phi) is 7.43. The minimum Gasteiger partial charge on any atom is -0.494 e. The summed E-state index contributed by atoms with van der Waals surface area (Å²) < 4.78 is 11.0. The molecule has 0 aliphatic heterocycles. The minimum absolute atomic E-state index is 0.161. The fourth-order valence-corrected chi connectivity index (χ4v) is 3.19. The largest absolute Gasteiger partial charge is 0.494 e. The van der Waals surface area contributed by atoms with E-state index in [2.05, 4.69) is 6.92 Å². The van der Waals surface area contributed by atoms with Gasteiger partial charge in [-0.1, -0.05) is 72.4 Å². The molecule has 0 aromatic heterocycles. The van der Waals surface area contributed by atoms with Gasteiger partial charge in [-0.15, -0.1) is 0 Å². The van der Waals surface area contributed by atoms with Crippen molar-refractivity contribution in [1.29, 1.82) is 0 Å². The molecule has 6 heteroatoms. The van der Waals surface area contributed by atoms with Crippen molar-refractivity contribution >= 4 is 40.8 Å². The van der Waals surface area contributed by atoms with Gasteiger partial charge in [-0.2, -0.15) is 0 Å². The Morgan fingerprint density at radius 1 is 0.828 bits per heavy atom. The normalized spacial score (nSPS) is 10.6. The lowest BCUT2D eigenvalue weighted by Crippen LogP contribution is -2.08. The van der Waals surface area contributed by atoms with Crippen LogP contribution in [0.1, 0.15) is 30.1 Å². The maximum atomic E-state index is 12.4. The Hall–Kier alpha value is -2.20. The molecular weight excluding hydrogens is 431 g/mol. The summed E-state index contributed by atoms with van der Waals surface area (Å²) in [5.41, 5.74) is 2.41. The third-order valence-electron chi connectivity index (χ3n) is 4.25. The van der Waals surface area contributed by atoms with Gasteiger partial charge in [0.2, 0.25) is 0 Å². The average Bonchev–Trinajstić information content (AvgIpc) is 2.73. The molecule has 0 amide bonds. The summed E-state index contributed by atoms with van der Waals surface area (Å²) in [6.45, 7) is 2.85. The van der Waals surface area contributed by atoms with E-state index in [0.717, 1.165) is 36.3 Å². The molecule has 0 bridgehead atoms. The van der Waals surface area contributed by atoms with Crippen molar-refractivity contribution in [2.45, 2.75) is 19.8 Å². The van der Waals surface area contributed by atoms with E-state index in [0.29, 0.717) is 10.6 Å². The van der Waals surface area contributed by atoms with Crippen molar-refractivity contribution < 1.29 is 14.3 Å². The van der Waals surface area contributed by atoms with Crippen LogP contribution in [0, 0.1) is 0 Å². The smallest absolute Gasteiger partial charge is 0.343 e. The first-order valence-corrected chi connectivity index (χ1v) is 10.3. The lowest BCUT2D eigenvalue weighted by molar-refractivity contribution is 0.0735. The summed E-state index contributed by atoms with van der Waals surface area (Å²) in [6.07, 6.45) is 2.14. The zero-order valence-electron chi connectivity index (χ0n) is 15.8. The number of esters is 1. The van der Waals surface area contributed by atoms with Crippen molar-refractivity contribution in [1.82, 2.24) is 0 Å². The number of hydrogen-bond acceptors (Lipinski definition) is 3. The number of rotatable bonds is 7. The van der Waals surface area contributed by atoms with Crippen LogP contribution in [0.2, 0.25) is 15.1 Å². The summed E-state index contributed by atoms with van der Waals surface area (Å²) in [5, 5.41) is 0.768. The van der Waals surface area contributed by atoms with Gasteiger partial charge >= 0.3 is 5.97 Å². The predicted octanol–water partition coefficient (Wildman–Crippen LogP) is 7.71. The Bertz CT molecular complexity index is 983. The Labute approximate surface area is 185 Å². The first-order chi connectivity index (χ1) is 14.0. The topological polar surface area (TPSA) is 35.5 Å². The Morgan fingerprint density at radius 2 is 1.41 bits per heavy atom. The molecule has 0 heterocycles. The average molecular weight is 450 g/mol. The number of carbonyl (C=O) groups excluding carboxylic acids is 1. The monoisotopic (exact) mass is 448 g/mol. The molecule has 3 aromatic rings. The third-order valence-corrected chi connectivity index (χ3v) is 5.27. The van der Waals surface area contributed by atoms with Crippen LogP contribution in [-0.2, 0) is 0 Å². The summed E-state index contributed by atoms with van der Waals surface area (Å²) >= 11 is 17.9. The van der Waals surface area contributed by atoms with Crippen LogP contribution in [0.3, 0.4) is 0 Å². The Morgan fingerprint density at radius 3 is 2.03 bits per heavy atom. The number of halogens is 3. The molecule has 0 saturated heterocycles. The van der Waals surface area contributed by atoms with Gasteiger partial charge in [0.1, 0.15) is 5.75 Å². The second-order valence-corrected chi connectivity index (χ2v) is 7.61. The molecule has 3 aromatic carbocycles. The highest BCUT2D eigenvalue weighted by atomic mass is 35.5. The fourth-order valence-electron chi connectivity index (χ4n) is 2.62. The van der Waals surface area contributed by atoms with Crippen LogP contribution in [0.5, 0.6) is 11.5 Å². The molecule has 0 saturated carbocycles. The fraction of sp³-hybridized carbons (Fsp3) is 0.174. The summed E-state index contributed by atoms with van der Waals surface area (Å²) in [5.74, 6) is 0.478. The SMILES string of the molecule is CCCCOc1ccc(-c2ccc(C(=O)Oc3cc(Cl)c(Cl)cc3Cl)cc2)cc1. The van der Waals surface area contributed by atoms with Crippen molar-refractivity contribution in [3.63, 3.8) is 0 Å². The van der Waals surface area contributed by atoms with Gasteiger partial charge in [0, 0.05) is 6.07 Å². The minimum atomic E-state index is -0.531. The van der Waals surface area contributed by atoms with Gasteiger partial charge in [-0.05, 0) is 47.9 Å². The molecule has 0 N–H and O–H groups in total. The number of hydrogen-bond donors (Lipinski definition) is 0. The van der Waals surface area contributed by atoms with E-state index in [1.165, 1.54) is 12.1 Å². The van der Waals surface area contributed by atoms with E-state index in [-0.39, 0.29) is 15.8 Å². The van der Waals surface area contributed by atoms with Gasteiger partial charge < -0.3 is 9.47 Å².